The van der Waals surface area contributed by atoms with E-state index in [1.54, 1.807) is 0 Å². The number of pyridine rings is 1. The van der Waals surface area contributed by atoms with E-state index < -0.39 is 0 Å². The van der Waals surface area contributed by atoms with Gasteiger partial charge in [0.05, 0.1) is 11.4 Å². The Morgan fingerprint density at radius 2 is 1.86 bits per heavy atom. The van der Waals surface area contributed by atoms with Crippen molar-refractivity contribution in [1.29, 1.82) is 0 Å². The molecule has 3 aliphatic heterocycles. The average Bonchev–Trinajstić information content (AvgIpc) is 2.80. The molecule has 5 heterocycles. The fourth-order valence-corrected chi connectivity index (χ4v) is 4.71. The Bertz CT molecular complexity index is 887. The van der Waals surface area contributed by atoms with Gasteiger partial charge >= 0.3 is 0 Å². The molecule has 0 aliphatic carbocycles. The molecule has 6 heteroatoms. The lowest BCUT2D eigenvalue weighted by molar-refractivity contribution is 0.242. The van der Waals surface area contributed by atoms with Crippen LogP contribution in [0, 0.1) is 0 Å². The maximum atomic E-state index is 4.88. The topological polar surface area (TPSA) is 57.5 Å². The van der Waals surface area contributed by atoms with Gasteiger partial charge < -0.3 is 4.90 Å². The molecule has 0 radical (unpaired) electrons. The van der Waals surface area contributed by atoms with Crippen LogP contribution in [0.4, 0.5) is 5.82 Å². The largest absolute Gasteiger partial charge is 0.356 e. The zero-order valence-corrected chi connectivity index (χ0v) is 17.2. The second-order valence-electron chi connectivity index (χ2n) is 8.45. The molecule has 0 amide bonds. The fraction of sp³-hybridized carbons (Fsp3) is 0.565. The Kier molecular flexibility index (Phi) is 5.52. The number of aliphatic imine (C=N–C) groups is 1. The monoisotopic (exact) mass is 390 g/mol. The number of anilines is 1. The zero-order valence-electron chi connectivity index (χ0n) is 17.2. The van der Waals surface area contributed by atoms with Gasteiger partial charge in [-0.2, -0.15) is 0 Å². The first-order valence-electron chi connectivity index (χ1n) is 11.2. The van der Waals surface area contributed by atoms with Crippen LogP contribution in [0.25, 0.3) is 0 Å². The Labute approximate surface area is 173 Å². The van der Waals surface area contributed by atoms with Crippen molar-refractivity contribution in [2.45, 2.75) is 58.0 Å². The number of hydrogen-bond donors (Lipinski definition) is 0. The Balaban J connectivity index is 1.30. The molecule has 6 nitrogen and oxygen atoms in total. The van der Waals surface area contributed by atoms with Crippen molar-refractivity contribution in [2.24, 2.45) is 4.99 Å². The van der Waals surface area contributed by atoms with Crippen LogP contribution >= 0.6 is 0 Å². The molecule has 1 saturated heterocycles. The molecule has 1 fully saturated rings. The van der Waals surface area contributed by atoms with Crippen molar-refractivity contribution in [1.82, 2.24) is 19.9 Å². The van der Waals surface area contributed by atoms with Crippen LogP contribution in [-0.2, 0) is 19.5 Å². The highest BCUT2D eigenvalue weighted by Crippen LogP contribution is 2.25. The summed E-state index contributed by atoms with van der Waals surface area (Å²) in [6.45, 7) is 6.07. The molecule has 0 bridgehead atoms. The van der Waals surface area contributed by atoms with Crippen LogP contribution in [0.5, 0.6) is 0 Å². The van der Waals surface area contributed by atoms with E-state index in [0.717, 1.165) is 63.6 Å². The lowest BCUT2D eigenvalue weighted by atomic mass is 10.0. The molecule has 5 rings (SSSR count). The lowest BCUT2D eigenvalue weighted by Gasteiger charge is -2.32. The van der Waals surface area contributed by atoms with E-state index in [4.69, 9.17) is 9.97 Å². The summed E-state index contributed by atoms with van der Waals surface area (Å²) in [4.78, 5) is 23.9. The first-order chi connectivity index (χ1) is 14.4. The highest BCUT2D eigenvalue weighted by molar-refractivity contribution is 5.97. The number of hydrogen-bond acceptors (Lipinski definition) is 6. The SMILES string of the molecule is c1cnc(N2CCCCC2)c(CN2CCc3nc(C4=NCCCC4)ncc3C2)c1. The van der Waals surface area contributed by atoms with E-state index in [0.29, 0.717) is 0 Å². The highest BCUT2D eigenvalue weighted by Gasteiger charge is 2.22. The molecule has 0 spiro atoms. The molecule has 29 heavy (non-hydrogen) atoms. The van der Waals surface area contributed by atoms with Crippen LogP contribution < -0.4 is 4.90 Å². The molecule has 3 aliphatic rings. The Hall–Kier alpha value is -2.34. The lowest BCUT2D eigenvalue weighted by Crippen LogP contribution is -2.34. The fourth-order valence-electron chi connectivity index (χ4n) is 4.71. The predicted molar refractivity (Wildman–Crippen MR) is 115 cm³/mol. The zero-order chi connectivity index (χ0) is 19.5. The van der Waals surface area contributed by atoms with Gasteiger partial charge in [0.15, 0.2) is 5.82 Å². The predicted octanol–water partition coefficient (Wildman–Crippen LogP) is 3.39. The van der Waals surface area contributed by atoms with Gasteiger partial charge in [0.1, 0.15) is 5.82 Å². The smallest absolute Gasteiger partial charge is 0.173 e. The van der Waals surface area contributed by atoms with Crippen LogP contribution in [-0.4, -0.2) is 51.7 Å². The van der Waals surface area contributed by atoms with Crippen molar-refractivity contribution in [3.8, 4) is 0 Å². The normalized spacial score (nSPS) is 20.3. The van der Waals surface area contributed by atoms with Crippen molar-refractivity contribution >= 4 is 11.5 Å². The third-order valence-electron chi connectivity index (χ3n) is 6.31. The van der Waals surface area contributed by atoms with Crippen molar-refractivity contribution in [3.05, 3.63) is 47.2 Å². The Morgan fingerprint density at radius 3 is 2.72 bits per heavy atom. The summed E-state index contributed by atoms with van der Waals surface area (Å²) < 4.78 is 0. The maximum Gasteiger partial charge on any atom is 0.173 e. The van der Waals surface area contributed by atoms with Gasteiger partial charge in [-0.25, -0.2) is 15.0 Å². The number of fused-ring (bicyclic) bond motifs is 1. The molecular formula is C23H30N6. The molecular weight excluding hydrogens is 360 g/mol. The third kappa shape index (κ3) is 4.17. The van der Waals surface area contributed by atoms with E-state index in [1.165, 1.54) is 54.7 Å². The molecule has 152 valence electrons. The van der Waals surface area contributed by atoms with Crippen molar-refractivity contribution in [3.63, 3.8) is 0 Å². The first-order valence-corrected chi connectivity index (χ1v) is 11.2. The minimum atomic E-state index is 0.858. The number of piperidine rings is 1. The molecule has 0 saturated carbocycles. The van der Waals surface area contributed by atoms with Gasteiger partial charge in [-0.15, -0.1) is 0 Å². The number of nitrogens with zero attached hydrogens (tertiary/aromatic N) is 6. The Morgan fingerprint density at radius 1 is 0.931 bits per heavy atom. The molecule has 0 atom stereocenters. The average molecular weight is 391 g/mol. The van der Waals surface area contributed by atoms with E-state index in [1.807, 2.05) is 12.4 Å². The molecule has 2 aromatic heterocycles. The van der Waals surface area contributed by atoms with Gasteiger partial charge in [0.2, 0.25) is 0 Å². The molecule has 0 N–H and O–H groups in total. The summed E-state index contributed by atoms with van der Waals surface area (Å²) in [5, 5.41) is 0. The second-order valence-corrected chi connectivity index (χ2v) is 8.45. The van der Waals surface area contributed by atoms with Crippen molar-refractivity contribution < 1.29 is 0 Å². The summed E-state index contributed by atoms with van der Waals surface area (Å²) >= 11 is 0. The van der Waals surface area contributed by atoms with Gasteiger partial charge in [0.25, 0.3) is 0 Å². The van der Waals surface area contributed by atoms with Gasteiger partial charge in [0, 0.05) is 69.2 Å². The summed E-state index contributed by atoms with van der Waals surface area (Å²) in [6.07, 6.45) is 12.3. The minimum Gasteiger partial charge on any atom is -0.356 e. The summed E-state index contributed by atoms with van der Waals surface area (Å²) in [7, 11) is 0. The van der Waals surface area contributed by atoms with Gasteiger partial charge in [-0.1, -0.05) is 6.07 Å². The van der Waals surface area contributed by atoms with Crippen LogP contribution in [0.3, 0.4) is 0 Å². The summed E-state index contributed by atoms with van der Waals surface area (Å²) in [5.74, 6) is 2.04. The third-order valence-corrected chi connectivity index (χ3v) is 6.31. The molecule has 0 unspecified atom stereocenters. The van der Waals surface area contributed by atoms with E-state index in [9.17, 15) is 0 Å². The van der Waals surface area contributed by atoms with E-state index in [-0.39, 0.29) is 0 Å². The first kappa shape index (κ1) is 18.7. The van der Waals surface area contributed by atoms with Gasteiger partial charge in [-0.3, -0.25) is 9.89 Å². The second kappa shape index (κ2) is 8.57. The van der Waals surface area contributed by atoms with Crippen LogP contribution in [0.2, 0.25) is 0 Å². The van der Waals surface area contributed by atoms with Gasteiger partial charge in [-0.05, 0) is 44.6 Å². The van der Waals surface area contributed by atoms with Crippen LogP contribution in [0.1, 0.15) is 61.2 Å². The summed E-state index contributed by atoms with van der Waals surface area (Å²) in [6, 6.07) is 4.31. The summed E-state index contributed by atoms with van der Waals surface area (Å²) in [5.41, 5.74) is 4.91. The van der Waals surface area contributed by atoms with E-state index >= 15 is 0 Å². The minimum absolute atomic E-state index is 0.858. The number of aromatic nitrogens is 3. The highest BCUT2D eigenvalue weighted by atomic mass is 15.2. The van der Waals surface area contributed by atoms with Crippen LogP contribution in [0.15, 0.2) is 29.5 Å². The quantitative estimate of drug-likeness (QED) is 0.801. The van der Waals surface area contributed by atoms with Crippen molar-refractivity contribution in [2.75, 3.05) is 31.1 Å². The standard InChI is InChI=1S/C23H30N6/c1-4-12-29(13-5-1)23-18(7-6-11-25-23)16-28-14-9-20-19(17-28)15-26-22(27-20)21-8-2-3-10-24-21/h6-7,11,15H,1-5,8-10,12-14,16-17H2. The maximum absolute atomic E-state index is 4.88. The molecule has 0 aromatic carbocycles. The molecule has 2 aromatic rings. The number of rotatable bonds is 4. The van der Waals surface area contributed by atoms with E-state index in [2.05, 4.69) is 31.9 Å².